The molecule has 1 saturated heterocycles. The zero-order chi connectivity index (χ0) is 11.0. The molecule has 1 N–H and O–H groups in total. The molecule has 1 heterocycles. The van der Waals surface area contributed by atoms with E-state index in [1.54, 1.807) is 6.92 Å². The Labute approximate surface area is 90.9 Å². The van der Waals surface area contributed by atoms with Crippen LogP contribution < -0.4 is 0 Å². The van der Waals surface area contributed by atoms with E-state index in [2.05, 4.69) is 4.90 Å². The van der Waals surface area contributed by atoms with E-state index in [0.717, 1.165) is 25.6 Å². The van der Waals surface area contributed by atoms with Gasteiger partial charge in [-0.2, -0.15) is 0 Å². The first-order valence-corrected chi connectivity index (χ1v) is 5.78. The van der Waals surface area contributed by atoms with Gasteiger partial charge < -0.3 is 5.11 Å². The molecule has 0 amide bonds. The maximum absolute atomic E-state index is 10.9. The van der Waals surface area contributed by atoms with E-state index in [4.69, 9.17) is 5.11 Å². The van der Waals surface area contributed by atoms with Crippen LogP contribution in [0.4, 0.5) is 0 Å². The third-order valence-corrected chi connectivity index (χ3v) is 3.80. The predicted molar refractivity (Wildman–Crippen MR) is 57.9 cm³/mol. The standard InChI is InChI=1S/C11H20N2O2/c1-8(11(14)15)12(2)10-5-6-13(7-10)9-3-4-9/h8-10H,3-7H2,1-2H3,(H,14,15). The van der Waals surface area contributed by atoms with Gasteiger partial charge in [0.1, 0.15) is 6.04 Å². The average Bonchev–Trinajstić information content (AvgIpc) is 2.94. The second-order valence-electron chi connectivity index (χ2n) is 4.85. The Morgan fingerprint density at radius 3 is 2.67 bits per heavy atom. The molecule has 4 nitrogen and oxygen atoms in total. The highest BCUT2D eigenvalue weighted by Crippen LogP contribution is 2.31. The number of rotatable bonds is 4. The Morgan fingerprint density at radius 1 is 1.47 bits per heavy atom. The van der Waals surface area contributed by atoms with Crippen LogP contribution in [0, 0.1) is 0 Å². The number of carboxylic acid groups (broad SMARTS) is 1. The molecule has 4 heteroatoms. The number of carboxylic acids is 1. The molecule has 86 valence electrons. The SMILES string of the molecule is CC(C(=O)O)N(C)C1CCN(C2CC2)C1. The number of nitrogens with zero attached hydrogens (tertiary/aromatic N) is 2. The minimum absolute atomic E-state index is 0.367. The summed E-state index contributed by atoms with van der Waals surface area (Å²) in [6.45, 7) is 3.97. The van der Waals surface area contributed by atoms with Crippen molar-refractivity contribution in [3.63, 3.8) is 0 Å². The molecule has 0 aromatic rings. The van der Waals surface area contributed by atoms with E-state index in [9.17, 15) is 4.79 Å². The molecule has 0 bridgehead atoms. The van der Waals surface area contributed by atoms with Crippen molar-refractivity contribution in [1.82, 2.24) is 9.80 Å². The Balaban J connectivity index is 1.86. The zero-order valence-corrected chi connectivity index (χ0v) is 9.52. The number of hydrogen-bond donors (Lipinski definition) is 1. The van der Waals surface area contributed by atoms with Gasteiger partial charge in [-0.1, -0.05) is 0 Å². The van der Waals surface area contributed by atoms with Gasteiger partial charge in [0.2, 0.25) is 0 Å². The van der Waals surface area contributed by atoms with Crippen LogP contribution in [0.5, 0.6) is 0 Å². The summed E-state index contributed by atoms with van der Waals surface area (Å²) < 4.78 is 0. The van der Waals surface area contributed by atoms with Gasteiger partial charge in [0, 0.05) is 25.2 Å². The number of likely N-dealkylation sites (N-methyl/N-ethyl adjacent to an activating group) is 1. The van der Waals surface area contributed by atoms with Crippen molar-refractivity contribution in [2.75, 3.05) is 20.1 Å². The smallest absolute Gasteiger partial charge is 0.320 e. The third-order valence-electron chi connectivity index (χ3n) is 3.80. The van der Waals surface area contributed by atoms with E-state index >= 15 is 0 Å². The molecule has 1 aliphatic carbocycles. The first-order chi connectivity index (χ1) is 7.09. The molecule has 2 rings (SSSR count). The number of carbonyl (C=O) groups is 1. The summed E-state index contributed by atoms with van der Waals surface area (Å²) in [5.41, 5.74) is 0. The highest BCUT2D eigenvalue weighted by Gasteiger charge is 2.37. The summed E-state index contributed by atoms with van der Waals surface area (Å²) in [6.07, 6.45) is 3.79. The van der Waals surface area contributed by atoms with Gasteiger partial charge in [-0.05, 0) is 33.2 Å². The maximum Gasteiger partial charge on any atom is 0.320 e. The molecule has 0 radical (unpaired) electrons. The minimum Gasteiger partial charge on any atom is -0.480 e. The first-order valence-electron chi connectivity index (χ1n) is 5.78. The van der Waals surface area contributed by atoms with Crippen LogP contribution in [-0.4, -0.2) is 59.1 Å². The maximum atomic E-state index is 10.9. The van der Waals surface area contributed by atoms with Crippen LogP contribution in [0.2, 0.25) is 0 Å². The quantitative estimate of drug-likeness (QED) is 0.742. The molecule has 15 heavy (non-hydrogen) atoms. The molecule has 1 aliphatic heterocycles. The molecule has 2 fully saturated rings. The number of hydrogen-bond acceptors (Lipinski definition) is 3. The summed E-state index contributed by atoms with van der Waals surface area (Å²) in [4.78, 5) is 15.4. The molecule has 0 spiro atoms. The third kappa shape index (κ3) is 2.32. The highest BCUT2D eigenvalue weighted by molar-refractivity contribution is 5.72. The molecular formula is C11H20N2O2. The van der Waals surface area contributed by atoms with E-state index < -0.39 is 5.97 Å². The van der Waals surface area contributed by atoms with E-state index in [0.29, 0.717) is 6.04 Å². The summed E-state index contributed by atoms with van der Waals surface area (Å²) in [5, 5.41) is 8.94. The van der Waals surface area contributed by atoms with Gasteiger partial charge in [0.25, 0.3) is 0 Å². The largest absolute Gasteiger partial charge is 0.480 e. The van der Waals surface area contributed by atoms with Crippen molar-refractivity contribution in [3.05, 3.63) is 0 Å². The number of likely N-dealkylation sites (tertiary alicyclic amines) is 1. The normalized spacial score (nSPS) is 29.7. The summed E-state index contributed by atoms with van der Waals surface area (Å²) in [7, 11) is 1.93. The molecule has 2 unspecified atom stereocenters. The monoisotopic (exact) mass is 212 g/mol. The Bertz CT molecular complexity index is 253. The molecule has 2 aliphatic rings. The Morgan fingerprint density at radius 2 is 2.13 bits per heavy atom. The molecule has 0 aromatic carbocycles. The lowest BCUT2D eigenvalue weighted by Gasteiger charge is -2.28. The van der Waals surface area contributed by atoms with Gasteiger partial charge in [0.05, 0.1) is 0 Å². The lowest BCUT2D eigenvalue weighted by molar-refractivity contribution is -0.142. The van der Waals surface area contributed by atoms with Crippen molar-refractivity contribution >= 4 is 5.97 Å². The fourth-order valence-electron chi connectivity index (χ4n) is 2.36. The van der Waals surface area contributed by atoms with Gasteiger partial charge in [-0.15, -0.1) is 0 Å². The second kappa shape index (κ2) is 4.10. The van der Waals surface area contributed by atoms with Gasteiger partial charge in [-0.25, -0.2) is 0 Å². The summed E-state index contributed by atoms with van der Waals surface area (Å²) in [6, 6.07) is 0.870. The Kier molecular flexibility index (Phi) is 2.98. The molecule has 1 saturated carbocycles. The highest BCUT2D eigenvalue weighted by atomic mass is 16.4. The molecule has 2 atom stereocenters. The molecule has 0 aromatic heterocycles. The molecular weight excluding hydrogens is 192 g/mol. The Hall–Kier alpha value is -0.610. The van der Waals surface area contributed by atoms with E-state index in [1.165, 1.54) is 12.8 Å². The minimum atomic E-state index is -0.720. The van der Waals surface area contributed by atoms with Crippen molar-refractivity contribution < 1.29 is 9.90 Å². The van der Waals surface area contributed by atoms with E-state index in [1.807, 2.05) is 11.9 Å². The van der Waals surface area contributed by atoms with E-state index in [-0.39, 0.29) is 6.04 Å². The average molecular weight is 212 g/mol. The van der Waals surface area contributed by atoms with Gasteiger partial charge >= 0.3 is 5.97 Å². The van der Waals surface area contributed by atoms with Crippen LogP contribution in [0.3, 0.4) is 0 Å². The van der Waals surface area contributed by atoms with Crippen LogP contribution in [0.25, 0.3) is 0 Å². The van der Waals surface area contributed by atoms with Crippen molar-refractivity contribution in [1.29, 1.82) is 0 Å². The van der Waals surface area contributed by atoms with Crippen LogP contribution >= 0.6 is 0 Å². The van der Waals surface area contributed by atoms with Crippen LogP contribution in [0.15, 0.2) is 0 Å². The zero-order valence-electron chi connectivity index (χ0n) is 9.52. The predicted octanol–water partition coefficient (Wildman–Crippen LogP) is 0.628. The van der Waals surface area contributed by atoms with Crippen LogP contribution in [0.1, 0.15) is 26.2 Å². The summed E-state index contributed by atoms with van der Waals surface area (Å²) >= 11 is 0. The fourth-order valence-corrected chi connectivity index (χ4v) is 2.36. The lowest BCUT2D eigenvalue weighted by atomic mass is 10.2. The summed E-state index contributed by atoms with van der Waals surface area (Å²) in [5.74, 6) is -0.720. The lowest BCUT2D eigenvalue weighted by Crippen LogP contribution is -2.44. The van der Waals surface area contributed by atoms with Crippen molar-refractivity contribution in [2.45, 2.75) is 44.3 Å². The second-order valence-corrected chi connectivity index (χ2v) is 4.85. The van der Waals surface area contributed by atoms with Crippen molar-refractivity contribution in [3.8, 4) is 0 Å². The topological polar surface area (TPSA) is 43.8 Å². The first kappa shape index (κ1) is 10.9. The number of aliphatic carboxylic acids is 1. The van der Waals surface area contributed by atoms with Crippen molar-refractivity contribution in [2.24, 2.45) is 0 Å². The fraction of sp³-hybridized carbons (Fsp3) is 0.909. The van der Waals surface area contributed by atoms with Gasteiger partial charge in [0.15, 0.2) is 0 Å². The van der Waals surface area contributed by atoms with Crippen LogP contribution in [-0.2, 0) is 4.79 Å². The van der Waals surface area contributed by atoms with Gasteiger partial charge in [-0.3, -0.25) is 14.6 Å².